The first-order valence-electron chi connectivity index (χ1n) is 8.39. The Morgan fingerprint density at radius 1 is 1.28 bits per heavy atom. The number of benzene rings is 1. The summed E-state index contributed by atoms with van der Waals surface area (Å²) in [5, 5.41) is 8.72. The van der Waals surface area contributed by atoms with Crippen LogP contribution in [0.4, 0.5) is 0 Å². The first-order chi connectivity index (χ1) is 12.1. The summed E-state index contributed by atoms with van der Waals surface area (Å²) in [6.45, 7) is 4.44. The van der Waals surface area contributed by atoms with Gasteiger partial charge in [-0.2, -0.15) is 0 Å². The topological polar surface area (TPSA) is 71.1 Å². The van der Waals surface area contributed by atoms with E-state index in [4.69, 9.17) is 0 Å². The molecule has 2 aromatic rings. The van der Waals surface area contributed by atoms with Crippen LogP contribution in [-0.2, 0) is 29.5 Å². The SMILES string of the molecule is CCc1cccc(CNCCCNC(=O)c2csc(CS(C)=O)n2)c1. The second-order valence-electron chi connectivity index (χ2n) is 5.80. The van der Waals surface area contributed by atoms with Gasteiger partial charge in [0.1, 0.15) is 10.7 Å². The molecular formula is C18H25N3O2S2. The maximum absolute atomic E-state index is 12.0. The molecule has 1 aromatic heterocycles. The zero-order valence-electron chi connectivity index (χ0n) is 14.7. The van der Waals surface area contributed by atoms with Gasteiger partial charge in [0, 0.05) is 35.5 Å². The summed E-state index contributed by atoms with van der Waals surface area (Å²) in [5.41, 5.74) is 3.04. The van der Waals surface area contributed by atoms with Crippen molar-refractivity contribution in [1.82, 2.24) is 15.6 Å². The van der Waals surface area contributed by atoms with Crippen LogP contribution in [-0.4, -0.2) is 34.4 Å². The van der Waals surface area contributed by atoms with Crippen molar-refractivity contribution in [2.45, 2.75) is 32.1 Å². The Hall–Kier alpha value is -1.57. The normalized spacial score (nSPS) is 12.1. The van der Waals surface area contributed by atoms with E-state index in [2.05, 4.69) is 46.8 Å². The molecule has 0 radical (unpaired) electrons. The molecule has 1 heterocycles. The van der Waals surface area contributed by atoms with Gasteiger partial charge in [-0.1, -0.05) is 31.2 Å². The van der Waals surface area contributed by atoms with Gasteiger partial charge in [0.05, 0.1) is 5.75 Å². The highest BCUT2D eigenvalue weighted by molar-refractivity contribution is 7.83. The number of hydrogen-bond acceptors (Lipinski definition) is 5. The predicted molar refractivity (Wildman–Crippen MR) is 104 cm³/mol. The monoisotopic (exact) mass is 379 g/mol. The first-order valence-corrected chi connectivity index (χ1v) is 11.0. The number of aromatic nitrogens is 1. The van der Waals surface area contributed by atoms with Crippen LogP contribution in [0.5, 0.6) is 0 Å². The van der Waals surface area contributed by atoms with E-state index in [-0.39, 0.29) is 5.91 Å². The van der Waals surface area contributed by atoms with Crippen LogP contribution in [0.2, 0.25) is 0 Å². The number of carbonyl (C=O) groups is 1. The number of aryl methyl sites for hydroxylation is 1. The van der Waals surface area contributed by atoms with E-state index in [1.54, 1.807) is 11.6 Å². The maximum atomic E-state index is 12.0. The quantitative estimate of drug-likeness (QED) is 0.622. The Morgan fingerprint density at radius 3 is 2.84 bits per heavy atom. The zero-order valence-corrected chi connectivity index (χ0v) is 16.3. The second-order valence-corrected chi connectivity index (χ2v) is 8.18. The van der Waals surface area contributed by atoms with Gasteiger partial charge in [0.15, 0.2) is 0 Å². The third-order valence-electron chi connectivity index (χ3n) is 3.66. The van der Waals surface area contributed by atoms with Crippen LogP contribution in [0.3, 0.4) is 0 Å². The lowest BCUT2D eigenvalue weighted by atomic mass is 10.1. The largest absolute Gasteiger partial charge is 0.351 e. The lowest BCUT2D eigenvalue weighted by Gasteiger charge is -2.07. The molecule has 1 atom stereocenters. The van der Waals surface area contributed by atoms with E-state index in [1.165, 1.54) is 22.5 Å². The smallest absolute Gasteiger partial charge is 0.270 e. The van der Waals surface area contributed by atoms with E-state index in [0.717, 1.165) is 30.9 Å². The fraction of sp³-hybridized carbons (Fsp3) is 0.444. The highest BCUT2D eigenvalue weighted by atomic mass is 32.2. The molecule has 1 unspecified atom stereocenters. The average molecular weight is 380 g/mol. The number of nitrogens with one attached hydrogen (secondary N) is 2. The van der Waals surface area contributed by atoms with Gasteiger partial charge in [-0.15, -0.1) is 11.3 Å². The molecule has 5 nitrogen and oxygen atoms in total. The van der Waals surface area contributed by atoms with Crippen LogP contribution in [0.15, 0.2) is 29.6 Å². The second kappa shape index (κ2) is 10.4. The van der Waals surface area contributed by atoms with Gasteiger partial charge in [0.2, 0.25) is 0 Å². The standard InChI is InChI=1S/C18H25N3O2S2/c1-3-14-6-4-7-15(10-14)11-19-8-5-9-20-18(22)16-12-24-17(21-16)13-25(2)23/h4,6-7,10,12,19H,3,5,8-9,11,13H2,1-2H3,(H,20,22). The van der Waals surface area contributed by atoms with Crippen LogP contribution >= 0.6 is 11.3 Å². The molecule has 1 aromatic carbocycles. The lowest BCUT2D eigenvalue weighted by Crippen LogP contribution is -2.27. The summed E-state index contributed by atoms with van der Waals surface area (Å²) in [4.78, 5) is 16.2. The van der Waals surface area contributed by atoms with Gasteiger partial charge in [-0.3, -0.25) is 9.00 Å². The summed E-state index contributed by atoms with van der Waals surface area (Å²) < 4.78 is 11.2. The predicted octanol–water partition coefficient (Wildman–Crippen LogP) is 2.49. The summed E-state index contributed by atoms with van der Waals surface area (Å²) >= 11 is 1.38. The van der Waals surface area contributed by atoms with Gasteiger partial charge < -0.3 is 10.6 Å². The van der Waals surface area contributed by atoms with Crippen LogP contribution in [0.25, 0.3) is 0 Å². The van der Waals surface area contributed by atoms with Gasteiger partial charge >= 0.3 is 0 Å². The molecule has 2 rings (SSSR count). The summed E-state index contributed by atoms with van der Waals surface area (Å²) in [6.07, 6.45) is 3.54. The maximum Gasteiger partial charge on any atom is 0.270 e. The molecule has 0 aliphatic heterocycles. The average Bonchev–Trinajstić information content (AvgIpc) is 3.05. The Labute approximate surface area is 155 Å². The highest BCUT2D eigenvalue weighted by Gasteiger charge is 2.10. The molecular weight excluding hydrogens is 354 g/mol. The van der Waals surface area contributed by atoms with Crippen molar-refractivity contribution < 1.29 is 9.00 Å². The summed E-state index contributed by atoms with van der Waals surface area (Å²) in [7, 11) is -0.936. The molecule has 0 saturated carbocycles. The van der Waals surface area contributed by atoms with E-state index < -0.39 is 10.8 Å². The molecule has 2 N–H and O–H groups in total. The molecule has 25 heavy (non-hydrogen) atoms. The number of hydrogen-bond donors (Lipinski definition) is 2. The minimum atomic E-state index is -0.936. The third kappa shape index (κ3) is 7.05. The Morgan fingerprint density at radius 2 is 2.08 bits per heavy atom. The van der Waals surface area contributed by atoms with Crippen molar-refractivity contribution >= 4 is 28.0 Å². The molecule has 136 valence electrons. The minimum absolute atomic E-state index is 0.167. The Kier molecular flexibility index (Phi) is 8.24. The van der Waals surface area contributed by atoms with Crippen LogP contribution in [0, 0.1) is 0 Å². The highest BCUT2D eigenvalue weighted by Crippen LogP contribution is 2.11. The number of carbonyl (C=O) groups excluding carboxylic acids is 1. The van der Waals surface area contributed by atoms with Gasteiger partial charge in [-0.25, -0.2) is 4.98 Å². The van der Waals surface area contributed by atoms with Crippen LogP contribution < -0.4 is 10.6 Å². The molecule has 0 aliphatic rings. The Balaban J connectivity index is 1.63. The minimum Gasteiger partial charge on any atom is -0.351 e. The molecule has 7 heteroatoms. The molecule has 1 amide bonds. The van der Waals surface area contributed by atoms with Crippen molar-refractivity contribution in [3.8, 4) is 0 Å². The van der Waals surface area contributed by atoms with Crippen LogP contribution in [0.1, 0.15) is 40.0 Å². The fourth-order valence-electron chi connectivity index (χ4n) is 2.35. The van der Waals surface area contributed by atoms with Gasteiger partial charge in [-0.05, 0) is 30.5 Å². The lowest BCUT2D eigenvalue weighted by molar-refractivity contribution is 0.0949. The fourth-order valence-corrected chi connectivity index (χ4v) is 4.09. The number of nitrogens with zero attached hydrogens (tertiary/aromatic N) is 1. The van der Waals surface area contributed by atoms with E-state index in [9.17, 15) is 9.00 Å². The van der Waals surface area contributed by atoms with Crippen molar-refractivity contribution in [1.29, 1.82) is 0 Å². The van der Waals surface area contributed by atoms with E-state index in [1.807, 2.05) is 0 Å². The zero-order chi connectivity index (χ0) is 18.1. The van der Waals surface area contributed by atoms with E-state index in [0.29, 0.717) is 18.0 Å². The Bertz CT molecular complexity index is 716. The van der Waals surface area contributed by atoms with Crippen molar-refractivity contribution in [2.24, 2.45) is 0 Å². The number of amides is 1. The van der Waals surface area contributed by atoms with Crippen molar-refractivity contribution in [3.05, 3.63) is 51.5 Å². The number of thiazole rings is 1. The van der Waals surface area contributed by atoms with Crippen molar-refractivity contribution in [3.63, 3.8) is 0 Å². The molecule has 0 saturated heterocycles. The summed E-state index contributed by atoms with van der Waals surface area (Å²) in [6, 6.07) is 8.57. The molecule has 0 spiro atoms. The van der Waals surface area contributed by atoms with E-state index >= 15 is 0 Å². The molecule has 0 aliphatic carbocycles. The third-order valence-corrected chi connectivity index (χ3v) is 5.37. The summed E-state index contributed by atoms with van der Waals surface area (Å²) in [5.74, 6) is 0.237. The van der Waals surface area contributed by atoms with Gasteiger partial charge in [0.25, 0.3) is 5.91 Å². The molecule has 0 fully saturated rings. The number of rotatable bonds is 10. The van der Waals surface area contributed by atoms with Crippen molar-refractivity contribution in [2.75, 3.05) is 19.3 Å². The molecule has 0 bridgehead atoms. The first kappa shape index (κ1) is 19.8.